The Morgan fingerprint density at radius 3 is 1.16 bits per heavy atom. The Morgan fingerprint density at radius 2 is 0.791 bits per heavy atom. The van der Waals surface area contributed by atoms with Gasteiger partial charge in [-0.1, -0.05) is 6.07 Å². The van der Waals surface area contributed by atoms with Gasteiger partial charge in [0.1, 0.15) is 11.4 Å². The number of hydrogen-bond donors (Lipinski definition) is 3. The van der Waals surface area contributed by atoms with Gasteiger partial charge in [-0.15, -0.1) is 20.4 Å². The predicted octanol–water partition coefficient (Wildman–Crippen LogP) is -2.22. The van der Waals surface area contributed by atoms with E-state index in [2.05, 4.69) is 46.3 Å². The van der Waals surface area contributed by atoms with Crippen LogP contribution in [-0.4, -0.2) is 345 Å². The van der Waals surface area contributed by atoms with E-state index in [1.165, 1.54) is 6.20 Å². The number of amides is 3. The van der Waals surface area contributed by atoms with Crippen molar-refractivity contribution in [2.24, 2.45) is 0 Å². The fourth-order valence-electron chi connectivity index (χ4n) is 8.60. The zero-order valence-electron chi connectivity index (χ0n) is 51.8. The molecule has 4 bridgehead atoms. The summed E-state index contributed by atoms with van der Waals surface area (Å²) in [6, 6.07) is 8.70. The van der Waals surface area contributed by atoms with Crippen LogP contribution in [0.2, 0.25) is 0 Å². The molecule has 3 N–H and O–H groups in total. The van der Waals surface area contributed by atoms with E-state index in [1.807, 2.05) is 25.7 Å². The summed E-state index contributed by atoms with van der Waals surface area (Å²) in [6.07, 6.45) is 3.87. The van der Waals surface area contributed by atoms with Gasteiger partial charge in [-0.2, -0.15) is 0 Å². The molecule has 0 spiro atoms. The van der Waals surface area contributed by atoms with Crippen LogP contribution in [0.15, 0.2) is 42.7 Å². The van der Waals surface area contributed by atoms with E-state index in [0.717, 1.165) is 0 Å². The summed E-state index contributed by atoms with van der Waals surface area (Å²) in [4.78, 5) is 92.0. The summed E-state index contributed by atoms with van der Waals surface area (Å²) in [7, 11) is 0. The molecule has 0 radical (unpaired) electrons. The van der Waals surface area contributed by atoms with E-state index in [4.69, 9.17) is 60.7 Å². The molecule has 3 aromatic rings. The molecule has 3 aliphatic heterocycles. The van der Waals surface area contributed by atoms with Gasteiger partial charge in [0.05, 0.1) is 151 Å². The molecule has 504 valence electrons. The summed E-state index contributed by atoms with van der Waals surface area (Å²) in [6.45, 7) is 13.9. The Kier molecular flexibility index (Phi) is 38.6. The molecule has 3 aliphatic rings. The summed E-state index contributed by atoms with van der Waals surface area (Å²) in [5.74, 6) is -1.79. The van der Waals surface area contributed by atoms with E-state index in [-0.39, 0.29) is 62.6 Å². The number of nitrogens with zero attached hydrogens (tertiary/aromatic N) is 10. The van der Waals surface area contributed by atoms with Gasteiger partial charge in [-0.05, 0) is 30.7 Å². The van der Waals surface area contributed by atoms with E-state index in [0.29, 0.717) is 240 Å². The number of carbonyl (C=O) groups excluding carboxylic acids is 6. The molecule has 3 amide bonds. The molecule has 91 heavy (non-hydrogen) atoms. The maximum absolute atomic E-state index is 12.9. The number of fused-ring (bicyclic) bond motifs is 7. The normalized spacial score (nSPS) is 17.4. The van der Waals surface area contributed by atoms with Crippen LogP contribution in [0.25, 0.3) is 23.0 Å². The zero-order valence-corrected chi connectivity index (χ0v) is 55.1. The van der Waals surface area contributed by atoms with Crippen molar-refractivity contribution in [1.29, 1.82) is 0 Å². The summed E-state index contributed by atoms with van der Waals surface area (Å²) in [5.41, 5.74) is 1.50. The van der Waals surface area contributed by atoms with E-state index in [1.54, 1.807) is 30.5 Å². The van der Waals surface area contributed by atoms with Crippen molar-refractivity contribution in [3.63, 3.8) is 0 Å². The van der Waals surface area contributed by atoms with Gasteiger partial charge in [-0.25, -0.2) is 0 Å². The number of pyridine rings is 2. The van der Waals surface area contributed by atoms with Gasteiger partial charge in [0, 0.05) is 25.6 Å². The molecule has 0 aromatic carbocycles. The second kappa shape index (κ2) is 47.2. The quantitative estimate of drug-likeness (QED) is 0.0505. The Balaban J connectivity index is 0.605. The van der Waals surface area contributed by atoms with Gasteiger partial charge < -0.3 is 62.7 Å². The summed E-state index contributed by atoms with van der Waals surface area (Å²) in [5, 5.41) is 24.7. The third-order valence-electron chi connectivity index (χ3n) is 13.4. The number of anilines is 1. The monoisotopic (exact) mass is 1390 g/mol. The van der Waals surface area contributed by atoms with Crippen LogP contribution < -0.4 is 16.0 Å². The molecule has 6 rings (SSSR count). The van der Waals surface area contributed by atoms with Gasteiger partial charge in [0.15, 0.2) is 0 Å². The number of ether oxygens (including phenoxy) is 11. The van der Waals surface area contributed by atoms with E-state index >= 15 is 0 Å². The fraction of sp³-hybridized carbons (Fsp3) is 0.684. The molecule has 3 aromatic heterocycles. The van der Waals surface area contributed by atoms with Crippen LogP contribution >= 0.6 is 0 Å². The molecule has 2 unspecified atom stereocenters. The van der Waals surface area contributed by atoms with Crippen LogP contribution in [0.4, 0.5) is 5.69 Å². The fourth-order valence-corrected chi connectivity index (χ4v) is 11.5. The topological polar surface area (TPSA) is 358 Å². The first-order valence-corrected chi connectivity index (χ1v) is 34.8. The second-order valence-corrected chi connectivity index (χ2v) is 24.1. The predicted molar refractivity (Wildman–Crippen MR) is 321 cm³/mol. The molecule has 3 saturated heterocycles. The van der Waals surface area contributed by atoms with Crippen molar-refractivity contribution in [3.8, 4) is 23.0 Å². The molecule has 2 atom stereocenters. The number of carbonyl (C=O) groups is 6. The first kappa shape index (κ1) is 74.4. The Bertz CT molecular complexity index is 2480. The average Bonchev–Trinajstić information content (AvgIpc) is 1.78. The van der Waals surface area contributed by atoms with Gasteiger partial charge in [-0.3, -0.25) is 19.6 Å². The number of hydrogen-bond acceptors (Lipinski definition) is 30. The minimum absolute atomic E-state index is 0.0186. The Hall–Kier alpha value is -5.67. The zero-order chi connectivity index (χ0) is 64.0. The molecule has 34 heteroatoms. The van der Waals surface area contributed by atoms with Gasteiger partial charge in [0.25, 0.3) is 0 Å². The molecule has 6 heterocycles. The van der Waals surface area contributed by atoms with Crippen molar-refractivity contribution in [2.45, 2.75) is 19.3 Å². The standard InChI is InChI=1S/C57H91N13O20.In/c71-50(5-3-6-51(72)62-47-7-8-49(61-42-47)57-65-63-56(64-66-57)48-4-1-2-9-58-48)59-10-20-80-22-24-82-26-28-84-30-32-86-34-36-88-38-40-90-41-39-89-37-35-87-33-31-85-29-27-83-25-23-81-21-11-60-52(73)43-67-12-14-68(44-53(74)75)16-18-70(46-55(78)79)19-17-69(15-13-67)45-54(76)77;/h1-2,4,7-9,42H,3,5-6,10-41,43-46H2,(H,59,71)(H,60,73)(H,62,72)(H,74,75)(H,76,77)(H,78,79);/q;+3/p-3. The van der Waals surface area contributed by atoms with Crippen LogP contribution in [0.5, 0.6) is 0 Å². The van der Waals surface area contributed by atoms with Crippen molar-refractivity contribution in [1.82, 2.24) is 60.6 Å². The first-order chi connectivity index (χ1) is 44.6. The molecule has 0 aliphatic carbocycles. The third kappa shape index (κ3) is 34.7. The van der Waals surface area contributed by atoms with E-state index in [9.17, 15) is 28.8 Å². The number of nitrogens with one attached hydrogen (secondary N) is 3. The molecule has 0 saturated carbocycles. The minimum atomic E-state index is -4.19. The maximum atomic E-state index is 12.9. The van der Waals surface area contributed by atoms with Crippen molar-refractivity contribution >= 4 is 64.1 Å². The van der Waals surface area contributed by atoms with Gasteiger partial charge in [0.2, 0.25) is 23.5 Å². The second-order valence-electron chi connectivity index (χ2n) is 20.4. The molecule has 3 fully saturated rings. The summed E-state index contributed by atoms with van der Waals surface area (Å²) >= 11 is -4.19. The van der Waals surface area contributed by atoms with Gasteiger partial charge >= 0.3 is 191 Å². The van der Waals surface area contributed by atoms with Crippen LogP contribution in [0.1, 0.15) is 19.3 Å². The van der Waals surface area contributed by atoms with Crippen LogP contribution in [0, 0.1) is 0 Å². The Labute approximate surface area is 539 Å². The van der Waals surface area contributed by atoms with Crippen molar-refractivity contribution in [3.05, 3.63) is 42.7 Å². The van der Waals surface area contributed by atoms with Crippen molar-refractivity contribution < 1.29 is 89.4 Å². The summed E-state index contributed by atoms with van der Waals surface area (Å²) < 4.78 is 77.2. The van der Waals surface area contributed by atoms with E-state index < -0.39 is 40.7 Å². The molecular formula is C57H88InN13O20. The molecule has 33 nitrogen and oxygen atoms in total. The average molecular weight is 1390 g/mol. The first-order valence-electron chi connectivity index (χ1n) is 30.8. The van der Waals surface area contributed by atoms with Crippen LogP contribution in [-0.2, 0) is 89.4 Å². The SMILES string of the molecule is O=C(CCCC(=O)Nc1ccc(-c2nnc(-c3ccccn3)nn2)nc1)NCCOCCOCCOCCOCCOCCOCCOCCOCCOCCOCCOCCNC(=O)CN1CCN2CCN3CCN(CC1)CC(=O)[O][In]([O]C(=O)C2)[O]C(=O)C3. The number of aromatic nitrogens is 6. The number of rotatable bonds is 45. The third-order valence-corrected chi connectivity index (χ3v) is 17.3. The van der Waals surface area contributed by atoms with Crippen LogP contribution in [0.3, 0.4) is 0 Å². The van der Waals surface area contributed by atoms with Crippen molar-refractivity contribution in [2.75, 3.05) is 242 Å². The molecular weight excluding hydrogens is 1300 g/mol. The Morgan fingerprint density at radius 1 is 0.429 bits per heavy atom.